The number of halogens is 1. The molecule has 0 aliphatic carbocycles. The fourth-order valence-electron chi connectivity index (χ4n) is 3.62. The standard InChI is InChI=1S/C25H26BrNS3/c1-2-3-4-5-6-7-8-19-17-24(26)30-25(19)23-12-11-22(29-23)21-10-9-20(28-21)18-13-15-27-16-14-18/h9-17H,2-8H2,1H3. The second kappa shape index (κ2) is 10.9. The fourth-order valence-corrected chi connectivity index (χ4v) is 7.57. The molecule has 0 spiro atoms. The normalized spacial score (nSPS) is 11.3. The van der Waals surface area contributed by atoms with Crippen LogP contribution in [0.25, 0.3) is 29.9 Å². The average molecular weight is 517 g/mol. The van der Waals surface area contributed by atoms with Gasteiger partial charge in [0.05, 0.1) is 3.79 Å². The lowest BCUT2D eigenvalue weighted by atomic mass is 10.1. The van der Waals surface area contributed by atoms with Crippen molar-refractivity contribution in [3.8, 4) is 29.9 Å². The molecule has 1 nitrogen and oxygen atoms in total. The lowest BCUT2D eigenvalue weighted by Gasteiger charge is -2.03. The van der Waals surface area contributed by atoms with Crippen LogP contribution in [0, 0.1) is 0 Å². The molecule has 156 valence electrons. The summed E-state index contributed by atoms with van der Waals surface area (Å²) in [6, 6.07) is 15.5. The molecule has 0 radical (unpaired) electrons. The Morgan fingerprint density at radius 2 is 1.37 bits per heavy atom. The second-order valence-corrected chi connectivity index (χ2v) is 12.1. The zero-order chi connectivity index (χ0) is 20.8. The van der Waals surface area contributed by atoms with Gasteiger partial charge in [0.2, 0.25) is 0 Å². The van der Waals surface area contributed by atoms with Crippen LogP contribution < -0.4 is 0 Å². The Kier molecular flexibility index (Phi) is 7.94. The number of unbranched alkanes of at least 4 members (excludes halogenated alkanes) is 5. The highest BCUT2D eigenvalue weighted by Gasteiger charge is 2.14. The molecule has 0 amide bonds. The maximum atomic E-state index is 4.13. The minimum absolute atomic E-state index is 1.18. The van der Waals surface area contributed by atoms with Crippen molar-refractivity contribution < 1.29 is 0 Å². The zero-order valence-corrected chi connectivity index (χ0v) is 21.2. The van der Waals surface area contributed by atoms with Gasteiger partial charge in [-0.1, -0.05) is 39.0 Å². The van der Waals surface area contributed by atoms with Crippen molar-refractivity contribution in [2.75, 3.05) is 0 Å². The van der Waals surface area contributed by atoms with Crippen LogP contribution in [0.4, 0.5) is 0 Å². The van der Waals surface area contributed by atoms with E-state index in [1.807, 2.05) is 46.4 Å². The van der Waals surface area contributed by atoms with E-state index >= 15 is 0 Å². The number of nitrogens with zero attached hydrogens (tertiary/aromatic N) is 1. The van der Waals surface area contributed by atoms with Crippen molar-refractivity contribution in [3.63, 3.8) is 0 Å². The molecule has 4 rings (SSSR count). The van der Waals surface area contributed by atoms with Crippen molar-refractivity contribution in [1.82, 2.24) is 4.98 Å². The van der Waals surface area contributed by atoms with Gasteiger partial charge in [0.25, 0.3) is 0 Å². The third kappa shape index (κ3) is 5.50. The maximum absolute atomic E-state index is 4.13. The molecule has 0 aromatic carbocycles. The number of thiophene rings is 3. The minimum atomic E-state index is 1.18. The fraction of sp³-hybridized carbons (Fsp3) is 0.320. The molecule has 0 saturated heterocycles. The Morgan fingerprint density at radius 3 is 2.13 bits per heavy atom. The number of hydrogen-bond acceptors (Lipinski definition) is 4. The average Bonchev–Trinajstić information content (AvgIpc) is 3.50. The van der Waals surface area contributed by atoms with Crippen molar-refractivity contribution in [2.45, 2.75) is 51.9 Å². The molecule has 0 unspecified atom stereocenters. The van der Waals surface area contributed by atoms with Crippen LogP contribution in [0.15, 0.2) is 58.6 Å². The van der Waals surface area contributed by atoms with Crippen LogP contribution in [0.3, 0.4) is 0 Å². The first kappa shape index (κ1) is 21.9. The van der Waals surface area contributed by atoms with E-state index in [1.54, 1.807) is 0 Å². The molecule has 0 aliphatic rings. The molecular weight excluding hydrogens is 490 g/mol. The van der Waals surface area contributed by atoms with Gasteiger partial charge in [-0.15, -0.1) is 34.0 Å². The molecular formula is C25H26BrNS3. The van der Waals surface area contributed by atoms with Crippen LogP contribution in [-0.2, 0) is 6.42 Å². The summed E-state index contributed by atoms with van der Waals surface area (Å²) in [5.41, 5.74) is 2.74. The summed E-state index contributed by atoms with van der Waals surface area (Å²) < 4.78 is 1.24. The van der Waals surface area contributed by atoms with Crippen molar-refractivity contribution in [2.24, 2.45) is 0 Å². The molecule has 0 fully saturated rings. The Morgan fingerprint density at radius 1 is 0.733 bits per heavy atom. The minimum Gasteiger partial charge on any atom is -0.265 e. The molecule has 4 aromatic rings. The molecule has 0 aliphatic heterocycles. The van der Waals surface area contributed by atoms with Crippen molar-refractivity contribution in [3.05, 3.63) is 64.2 Å². The Bertz CT molecular complexity index is 1060. The SMILES string of the molecule is CCCCCCCCc1cc(Br)sc1-c1ccc(-c2ccc(-c3ccncc3)s2)s1. The Labute approximate surface area is 200 Å². The van der Waals surface area contributed by atoms with Crippen molar-refractivity contribution in [1.29, 1.82) is 0 Å². The van der Waals surface area contributed by atoms with E-state index in [-0.39, 0.29) is 0 Å². The molecule has 0 bridgehead atoms. The van der Waals surface area contributed by atoms with Gasteiger partial charge in [-0.2, -0.15) is 0 Å². The number of aromatic nitrogens is 1. The molecule has 0 atom stereocenters. The van der Waals surface area contributed by atoms with Gasteiger partial charge in [0, 0.05) is 36.8 Å². The summed E-state index contributed by atoms with van der Waals surface area (Å²) in [6.07, 6.45) is 13.0. The summed E-state index contributed by atoms with van der Waals surface area (Å²) in [4.78, 5) is 10.9. The summed E-state index contributed by atoms with van der Waals surface area (Å²) in [7, 11) is 0. The van der Waals surface area contributed by atoms with Gasteiger partial charge >= 0.3 is 0 Å². The van der Waals surface area contributed by atoms with Crippen LogP contribution in [0.1, 0.15) is 51.0 Å². The molecule has 30 heavy (non-hydrogen) atoms. The van der Waals surface area contributed by atoms with Gasteiger partial charge in [-0.25, -0.2) is 0 Å². The van der Waals surface area contributed by atoms with Crippen LogP contribution in [0.2, 0.25) is 0 Å². The van der Waals surface area contributed by atoms with Crippen LogP contribution >= 0.6 is 49.9 Å². The molecule has 0 N–H and O–H groups in total. The van der Waals surface area contributed by atoms with E-state index in [0.717, 1.165) is 0 Å². The van der Waals surface area contributed by atoms with Crippen molar-refractivity contribution >= 4 is 49.9 Å². The molecule has 4 aromatic heterocycles. The van der Waals surface area contributed by atoms with E-state index in [4.69, 9.17) is 0 Å². The lowest BCUT2D eigenvalue weighted by Crippen LogP contribution is -1.86. The van der Waals surface area contributed by atoms with Gasteiger partial charge in [0.15, 0.2) is 0 Å². The first-order chi connectivity index (χ1) is 14.7. The number of rotatable bonds is 10. The summed E-state index contributed by atoms with van der Waals surface area (Å²) in [6.45, 7) is 2.28. The second-order valence-electron chi connectivity index (χ2n) is 7.49. The van der Waals surface area contributed by atoms with Crippen LogP contribution in [0.5, 0.6) is 0 Å². The van der Waals surface area contributed by atoms with Gasteiger partial charge in [-0.05, 0) is 82.4 Å². The van der Waals surface area contributed by atoms with E-state index in [1.165, 1.54) is 84.2 Å². The van der Waals surface area contributed by atoms with E-state index < -0.39 is 0 Å². The third-order valence-corrected chi connectivity index (χ3v) is 9.50. The summed E-state index contributed by atoms with van der Waals surface area (Å²) >= 11 is 9.37. The predicted molar refractivity (Wildman–Crippen MR) is 139 cm³/mol. The van der Waals surface area contributed by atoms with Gasteiger partial charge in [0.1, 0.15) is 0 Å². The first-order valence-electron chi connectivity index (χ1n) is 10.6. The monoisotopic (exact) mass is 515 g/mol. The van der Waals surface area contributed by atoms with Gasteiger partial charge in [-0.3, -0.25) is 4.98 Å². The third-order valence-electron chi connectivity index (χ3n) is 5.22. The van der Waals surface area contributed by atoms with E-state index in [2.05, 4.69) is 70.3 Å². The number of hydrogen-bond donors (Lipinski definition) is 0. The molecule has 5 heteroatoms. The topological polar surface area (TPSA) is 12.9 Å². The lowest BCUT2D eigenvalue weighted by molar-refractivity contribution is 0.608. The maximum Gasteiger partial charge on any atom is 0.0708 e. The predicted octanol–water partition coefficient (Wildman–Crippen LogP) is 9.93. The highest BCUT2D eigenvalue weighted by molar-refractivity contribution is 9.11. The summed E-state index contributed by atoms with van der Waals surface area (Å²) in [5, 5.41) is 0. The Hall–Kier alpha value is -1.27. The highest BCUT2D eigenvalue weighted by atomic mass is 79.9. The largest absolute Gasteiger partial charge is 0.265 e. The van der Waals surface area contributed by atoms with Gasteiger partial charge < -0.3 is 0 Å². The van der Waals surface area contributed by atoms with E-state index in [9.17, 15) is 0 Å². The zero-order valence-electron chi connectivity index (χ0n) is 17.2. The van der Waals surface area contributed by atoms with Crippen LogP contribution in [-0.4, -0.2) is 4.98 Å². The smallest absolute Gasteiger partial charge is 0.0708 e. The summed E-state index contributed by atoms with van der Waals surface area (Å²) in [5.74, 6) is 0. The molecule has 0 saturated carbocycles. The number of pyridine rings is 1. The van der Waals surface area contributed by atoms with E-state index in [0.29, 0.717) is 0 Å². The first-order valence-corrected chi connectivity index (χ1v) is 13.9. The quantitative estimate of drug-likeness (QED) is 0.191. The Balaban J connectivity index is 1.46. The highest BCUT2D eigenvalue weighted by Crippen LogP contribution is 2.44. The molecule has 4 heterocycles. The number of aryl methyl sites for hydroxylation is 1.